The van der Waals surface area contributed by atoms with Crippen molar-refractivity contribution in [3.63, 3.8) is 0 Å². The number of benzene rings is 1. The number of amides is 1. The number of nitrogens with zero attached hydrogens (tertiary/aromatic N) is 6. The van der Waals surface area contributed by atoms with Crippen molar-refractivity contribution in [3.05, 3.63) is 53.1 Å². The smallest absolute Gasteiger partial charge is 0.410 e. The lowest BCUT2D eigenvalue weighted by Gasteiger charge is -2.24. The molecule has 42 heavy (non-hydrogen) atoms. The second-order valence-corrected chi connectivity index (χ2v) is 14.1. The molecule has 228 valence electrons. The Morgan fingerprint density at radius 2 is 1.71 bits per heavy atom. The van der Waals surface area contributed by atoms with Crippen molar-refractivity contribution in [2.24, 2.45) is 0 Å². The highest BCUT2D eigenvalue weighted by Gasteiger charge is 2.37. The van der Waals surface area contributed by atoms with E-state index in [-0.39, 0.29) is 11.7 Å². The molecule has 3 aromatic rings. The maximum absolute atomic E-state index is 13.8. The summed E-state index contributed by atoms with van der Waals surface area (Å²) in [4.78, 5) is 22.8. The molecule has 4 rings (SSSR count). The highest BCUT2D eigenvalue weighted by Crippen LogP contribution is 2.38. The normalized spacial score (nSPS) is 17.1. The number of likely N-dealkylation sites (tertiary alicyclic amines) is 1. The average molecular weight is 621 g/mol. The Morgan fingerprint density at radius 3 is 2.29 bits per heavy atom. The third-order valence-electron chi connectivity index (χ3n) is 7.23. The van der Waals surface area contributed by atoms with Gasteiger partial charge in [-0.15, -0.1) is 10.2 Å². The Balaban J connectivity index is 1.73. The minimum atomic E-state index is -3.80. The summed E-state index contributed by atoms with van der Waals surface area (Å²) in [5.74, 6) is 0.797. The standard InChI is InChI=1S/C28H37ClN6O6S/c1-17(25-30-13-20(29)14-31-25)18(2)42(37,38)16-23-32-33-26(19-11-12-34(15-19)27(36)41-28(3,4)5)35(23)24-21(39-6)9-8-10-22(24)40-7/h8-10,13-14,17-19H,11-12,15-16H2,1-7H3/t17-,18-,19-/m0/s1. The predicted molar refractivity (Wildman–Crippen MR) is 157 cm³/mol. The Kier molecular flexibility index (Phi) is 9.31. The summed E-state index contributed by atoms with van der Waals surface area (Å²) >= 11 is 5.92. The van der Waals surface area contributed by atoms with Crippen molar-refractivity contribution in [1.29, 1.82) is 0 Å². The van der Waals surface area contributed by atoms with Gasteiger partial charge < -0.3 is 19.1 Å². The summed E-state index contributed by atoms with van der Waals surface area (Å²) < 4.78 is 46.1. The molecule has 1 aromatic carbocycles. The van der Waals surface area contributed by atoms with E-state index < -0.39 is 38.5 Å². The lowest BCUT2D eigenvalue weighted by molar-refractivity contribution is 0.0292. The van der Waals surface area contributed by atoms with Gasteiger partial charge in [-0.3, -0.25) is 4.57 Å². The van der Waals surface area contributed by atoms with E-state index in [1.807, 2.05) is 20.8 Å². The van der Waals surface area contributed by atoms with Gasteiger partial charge in [0.2, 0.25) is 0 Å². The lowest BCUT2D eigenvalue weighted by atomic mass is 10.1. The molecule has 12 nitrogen and oxygen atoms in total. The van der Waals surface area contributed by atoms with Crippen LogP contribution < -0.4 is 9.47 Å². The topological polar surface area (TPSA) is 139 Å². The monoisotopic (exact) mass is 620 g/mol. The van der Waals surface area contributed by atoms with E-state index in [4.69, 9.17) is 25.8 Å². The van der Waals surface area contributed by atoms with Gasteiger partial charge in [0.15, 0.2) is 15.7 Å². The first-order valence-electron chi connectivity index (χ1n) is 13.6. The van der Waals surface area contributed by atoms with Crippen LogP contribution in [0.15, 0.2) is 30.6 Å². The molecule has 0 unspecified atom stereocenters. The van der Waals surface area contributed by atoms with E-state index in [0.717, 1.165) is 0 Å². The molecular weight excluding hydrogens is 584 g/mol. The molecule has 14 heteroatoms. The molecule has 1 aliphatic heterocycles. The number of sulfone groups is 1. The third-order valence-corrected chi connectivity index (χ3v) is 9.63. The van der Waals surface area contributed by atoms with Gasteiger partial charge in [0.05, 0.1) is 24.5 Å². The minimum Gasteiger partial charge on any atom is -0.494 e. The van der Waals surface area contributed by atoms with Crippen LogP contribution in [-0.2, 0) is 20.3 Å². The molecule has 3 atom stereocenters. The zero-order valence-electron chi connectivity index (χ0n) is 24.9. The SMILES string of the molecule is COc1cccc(OC)c1-n1c(CS(=O)(=O)[C@@H](C)[C@H](C)c2ncc(Cl)cn2)nnc1[C@H]1CCN(C(=O)OC(C)(C)C)C1. The van der Waals surface area contributed by atoms with Crippen LogP contribution >= 0.6 is 11.6 Å². The molecule has 0 aliphatic carbocycles. The Morgan fingerprint density at radius 1 is 1.10 bits per heavy atom. The van der Waals surface area contributed by atoms with E-state index in [2.05, 4.69) is 20.2 Å². The molecule has 0 saturated carbocycles. The maximum atomic E-state index is 13.8. The first-order valence-corrected chi connectivity index (χ1v) is 15.7. The van der Waals surface area contributed by atoms with E-state index in [1.165, 1.54) is 26.6 Å². The van der Waals surface area contributed by atoms with Crippen molar-refractivity contribution >= 4 is 27.5 Å². The zero-order chi connectivity index (χ0) is 30.8. The van der Waals surface area contributed by atoms with Gasteiger partial charge in [-0.1, -0.05) is 24.6 Å². The number of hydrogen-bond acceptors (Lipinski definition) is 10. The van der Waals surface area contributed by atoms with Crippen LogP contribution in [-0.4, -0.2) is 82.3 Å². The quantitative estimate of drug-likeness (QED) is 0.334. The Hall–Kier alpha value is -3.45. The molecule has 0 spiro atoms. The molecule has 1 amide bonds. The summed E-state index contributed by atoms with van der Waals surface area (Å²) in [6.45, 7) is 9.62. The van der Waals surface area contributed by atoms with Crippen LogP contribution in [0.5, 0.6) is 11.5 Å². The van der Waals surface area contributed by atoms with Crippen LogP contribution in [0.25, 0.3) is 5.69 Å². The molecule has 0 N–H and O–H groups in total. The van der Waals surface area contributed by atoms with Gasteiger partial charge in [0.1, 0.15) is 40.2 Å². The second kappa shape index (κ2) is 12.4. The Labute approximate surface area is 251 Å². The average Bonchev–Trinajstić information content (AvgIpc) is 3.58. The van der Waals surface area contributed by atoms with Gasteiger partial charge in [0, 0.05) is 37.3 Å². The van der Waals surface area contributed by atoms with Crippen molar-refractivity contribution in [2.75, 3.05) is 27.3 Å². The number of carbonyl (C=O) groups is 1. The highest BCUT2D eigenvalue weighted by molar-refractivity contribution is 7.91. The number of hydrogen-bond donors (Lipinski definition) is 0. The van der Waals surface area contributed by atoms with Crippen molar-refractivity contribution in [2.45, 2.75) is 69.5 Å². The lowest BCUT2D eigenvalue weighted by Crippen LogP contribution is -2.35. The molecule has 0 bridgehead atoms. The van der Waals surface area contributed by atoms with Crippen LogP contribution in [0.4, 0.5) is 4.79 Å². The fourth-order valence-corrected chi connectivity index (χ4v) is 6.49. The van der Waals surface area contributed by atoms with E-state index in [1.54, 1.807) is 41.5 Å². The van der Waals surface area contributed by atoms with E-state index in [0.29, 0.717) is 53.4 Å². The minimum absolute atomic E-state index is 0.194. The largest absolute Gasteiger partial charge is 0.494 e. The second-order valence-electron chi connectivity index (χ2n) is 11.3. The van der Waals surface area contributed by atoms with Gasteiger partial charge in [-0.2, -0.15) is 0 Å². The molecule has 3 heterocycles. The summed E-state index contributed by atoms with van der Waals surface area (Å²) in [5.41, 5.74) is -0.156. The zero-order valence-corrected chi connectivity index (χ0v) is 26.4. The number of aromatic nitrogens is 5. The van der Waals surface area contributed by atoms with Crippen molar-refractivity contribution in [1.82, 2.24) is 29.6 Å². The van der Waals surface area contributed by atoms with Gasteiger partial charge in [-0.05, 0) is 46.2 Å². The number of rotatable bonds is 9. The van der Waals surface area contributed by atoms with Crippen LogP contribution in [0.1, 0.15) is 70.3 Å². The van der Waals surface area contributed by atoms with Gasteiger partial charge >= 0.3 is 6.09 Å². The fraction of sp³-hybridized carbons (Fsp3) is 0.536. The van der Waals surface area contributed by atoms with Crippen LogP contribution in [0, 0.1) is 0 Å². The van der Waals surface area contributed by atoms with Crippen LogP contribution in [0.2, 0.25) is 5.02 Å². The van der Waals surface area contributed by atoms with E-state index >= 15 is 0 Å². The first kappa shape index (κ1) is 31.5. The van der Waals surface area contributed by atoms with Gasteiger partial charge in [0.25, 0.3) is 0 Å². The summed E-state index contributed by atoms with van der Waals surface area (Å²) in [6.07, 6.45) is 3.06. The summed E-state index contributed by atoms with van der Waals surface area (Å²) in [5, 5.41) is 8.36. The third kappa shape index (κ3) is 6.78. The van der Waals surface area contributed by atoms with Crippen molar-refractivity contribution < 1.29 is 27.4 Å². The molecule has 1 aliphatic rings. The fourth-order valence-electron chi connectivity index (χ4n) is 4.84. The maximum Gasteiger partial charge on any atom is 0.410 e. The van der Waals surface area contributed by atoms with Crippen molar-refractivity contribution in [3.8, 4) is 17.2 Å². The molecular formula is C28H37ClN6O6S. The first-order chi connectivity index (χ1) is 19.8. The number of halogens is 1. The number of ether oxygens (including phenoxy) is 3. The highest BCUT2D eigenvalue weighted by atomic mass is 35.5. The molecule has 1 fully saturated rings. The van der Waals surface area contributed by atoms with E-state index in [9.17, 15) is 13.2 Å². The number of para-hydroxylation sites is 1. The Bertz CT molecular complexity index is 1500. The number of methoxy groups -OCH3 is 2. The summed E-state index contributed by atoms with van der Waals surface area (Å²) in [7, 11) is -0.753. The van der Waals surface area contributed by atoms with Crippen LogP contribution in [0.3, 0.4) is 0 Å². The predicted octanol–water partition coefficient (Wildman–Crippen LogP) is 4.56. The number of carbonyl (C=O) groups excluding carboxylic acids is 1. The van der Waals surface area contributed by atoms with Gasteiger partial charge in [-0.25, -0.2) is 23.2 Å². The molecule has 2 aromatic heterocycles. The summed E-state index contributed by atoms with van der Waals surface area (Å²) in [6, 6.07) is 5.28. The molecule has 1 saturated heterocycles. The molecule has 0 radical (unpaired) electrons.